The summed E-state index contributed by atoms with van der Waals surface area (Å²) in [7, 11) is 0. The van der Waals surface area contributed by atoms with Crippen LogP contribution in [0, 0.1) is 24.7 Å². The molecular weight excluding hydrogens is 380 g/mol. The largest absolute Gasteiger partial charge is 0.303 e. The lowest BCUT2D eigenvalue weighted by atomic mass is 9.71. The molecule has 2 nitrogen and oxygen atoms in total. The minimum absolute atomic E-state index is 0.0552. The van der Waals surface area contributed by atoms with Crippen LogP contribution in [0.3, 0.4) is 0 Å². The third kappa shape index (κ3) is 4.39. The van der Waals surface area contributed by atoms with Crippen molar-refractivity contribution < 1.29 is 9.59 Å². The topological polar surface area (TPSA) is 34.1 Å². The summed E-state index contributed by atoms with van der Waals surface area (Å²) in [4.78, 5) is 22.9. The molecule has 2 unspecified atom stereocenters. The van der Waals surface area contributed by atoms with E-state index in [1.165, 1.54) is 35.1 Å². The van der Waals surface area contributed by atoms with Crippen LogP contribution >= 0.6 is 0 Å². The zero-order chi connectivity index (χ0) is 21.8. The fourth-order valence-corrected chi connectivity index (χ4v) is 5.28. The molecule has 0 saturated heterocycles. The summed E-state index contributed by atoms with van der Waals surface area (Å²) in [6.07, 6.45) is 11.5. The second kappa shape index (κ2) is 9.01. The van der Waals surface area contributed by atoms with Gasteiger partial charge >= 0.3 is 0 Å². The van der Waals surface area contributed by atoms with Gasteiger partial charge in [0.2, 0.25) is 0 Å². The number of hydrogen-bond acceptors (Lipinski definition) is 2. The average molecular weight is 411 g/mol. The van der Waals surface area contributed by atoms with Gasteiger partial charge in [-0.1, -0.05) is 85.0 Å². The monoisotopic (exact) mass is 410 g/mol. The lowest BCUT2D eigenvalue weighted by molar-refractivity contribution is -0.110. The quantitative estimate of drug-likeness (QED) is 0.378. The number of allylic oxidation sites excluding steroid dienone is 5. The lowest BCUT2D eigenvalue weighted by Gasteiger charge is -2.33. The molecule has 2 heteroatoms. The zero-order valence-corrected chi connectivity index (χ0v) is 18.2. The molecule has 2 aliphatic carbocycles. The molecule has 0 radical (unpaired) electrons. The Bertz CT molecular complexity index is 1020. The van der Waals surface area contributed by atoms with E-state index in [4.69, 9.17) is 0 Å². The molecule has 0 spiro atoms. The van der Waals surface area contributed by atoms with Crippen molar-refractivity contribution >= 4 is 12.6 Å². The molecule has 31 heavy (non-hydrogen) atoms. The number of hydrogen-bond donors (Lipinski definition) is 0. The second-order valence-corrected chi connectivity index (χ2v) is 9.10. The molecule has 1 saturated carbocycles. The number of carbonyl (C=O) groups excluding carboxylic acids is 2. The minimum Gasteiger partial charge on any atom is -0.303 e. The van der Waals surface area contributed by atoms with E-state index in [1.807, 2.05) is 12.2 Å². The van der Waals surface area contributed by atoms with Gasteiger partial charge in [-0.2, -0.15) is 0 Å². The van der Waals surface area contributed by atoms with Gasteiger partial charge in [-0.15, -0.1) is 0 Å². The molecule has 0 heterocycles. The van der Waals surface area contributed by atoms with E-state index in [0.29, 0.717) is 11.5 Å². The number of benzene rings is 2. The maximum absolute atomic E-state index is 11.7. The van der Waals surface area contributed by atoms with Crippen molar-refractivity contribution in [2.75, 3.05) is 0 Å². The molecule has 0 amide bonds. The number of rotatable bonds is 9. The van der Waals surface area contributed by atoms with Crippen LogP contribution in [0.15, 0.2) is 90.6 Å². The Hall–Kier alpha value is -3.00. The number of aldehydes is 2. The summed E-state index contributed by atoms with van der Waals surface area (Å²) >= 11 is 0. The second-order valence-electron chi connectivity index (χ2n) is 9.10. The SMILES string of the molecule is C=C(C[C@H]1C=CC(C=O)=CC1C=O)C(Cc1ccccc1)C1(c2ccccc2C)CC1. The van der Waals surface area contributed by atoms with E-state index in [2.05, 4.69) is 68.1 Å². The van der Waals surface area contributed by atoms with Gasteiger partial charge in [-0.05, 0) is 61.1 Å². The van der Waals surface area contributed by atoms with Crippen molar-refractivity contribution in [2.45, 2.75) is 38.0 Å². The maximum Gasteiger partial charge on any atom is 0.149 e. The number of aryl methyl sites for hydroxylation is 1. The van der Waals surface area contributed by atoms with Gasteiger partial charge in [-0.3, -0.25) is 4.79 Å². The summed E-state index contributed by atoms with van der Waals surface area (Å²) in [5.41, 5.74) is 6.01. The van der Waals surface area contributed by atoms with E-state index >= 15 is 0 Å². The van der Waals surface area contributed by atoms with E-state index in [1.54, 1.807) is 6.08 Å². The van der Waals surface area contributed by atoms with Crippen LogP contribution in [0.25, 0.3) is 0 Å². The van der Waals surface area contributed by atoms with Crippen molar-refractivity contribution in [1.29, 1.82) is 0 Å². The Morgan fingerprint density at radius 3 is 2.45 bits per heavy atom. The standard InChI is InChI=1S/C29H30O2/c1-21-8-6-7-11-27(21)29(14-15-29)28(18-23-9-4-3-5-10-23)22(2)16-25-13-12-24(19-30)17-26(25)20-31/h3-13,17,19-20,25-26,28H,2,14-16,18H2,1H3/t25-,26?,28?/m1/s1. The fraction of sp³-hybridized carbons (Fsp3) is 0.310. The predicted octanol–water partition coefficient (Wildman–Crippen LogP) is 5.96. The third-order valence-corrected chi connectivity index (χ3v) is 7.12. The van der Waals surface area contributed by atoms with Crippen molar-refractivity contribution in [3.8, 4) is 0 Å². The van der Waals surface area contributed by atoms with Gasteiger partial charge in [-0.25, -0.2) is 0 Å². The van der Waals surface area contributed by atoms with E-state index < -0.39 is 0 Å². The smallest absolute Gasteiger partial charge is 0.149 e. The summed E-state index contributed by atoms with van der Waals surface area (Å²) in [6.45, 7) is 6.78. The van der Waals surface area contributed by atoms with E-state index in [9.17, 15) is 9.59 Å². The van der Waals surface area contributed by atoms with Crippen LogP contribution in [-0.2, 0) is 21.4 Å². The molecule has 0 aliphatic heterocycles. The highest BCUT2D eigenvalue weighted by molar-refractivity contribution is 5.79. The molecule has 2 aromatic carbocycles. The average Bonchev–Trinajstić information content (AvgIpc) is 3.60. The van der Waals surface area contributed by atoms with Crippen molar-refractivity contribution in [1.82, 2.24) is 0 Å². The number of carbonyl (C=O) groups is 2. The van der Waals surface area contributed by atoms with Gasteiger partial charge in [0.05, 0.1) is 0 Å². The first kappa shape index (κ1) is 21.2. The van der Waals surface area contributed by atoms with Gasteiger partial charge in [0, 0.05) is 16.9 Å². The first-order chi connectivity index (χ1) is 15.1. The van der Waals surface area contributed by atoms with E-state index in [0.717, 1.165) is 25.4 Å². The van der Waals surface area contributed by atoms with Crippen LogP contribution < -0.4 is 0 Å². The molecule has 4 rings (SSSR count). The van der Waals surface area contributed by atoms with Crippen LogP contribution in [0.4, 0.5) is 0 Å². The molecule has 0 bridgehead atoms. The summed E-state index contributed by atoms with van der Waals surface area (Å²) in [5.74, 6) is 0.0979. The molecule has 2 aliphatic rings. The Morgan fingerprint density at radius 2 is 1.81 bits per heavy atom. The summed E-state index contributed by atoms with van der Waals surface area (Å²) in [6, 6.07) is 19.4. The lowest BCUT2D eigenvalue weighted by Crippen LogP contribution is -2.27. The van der Waals surface area contributed by atoms with Crippen molar-refractivity contribution in [3.05, 3.63) is 107 Å². The normalized spacial score (nSPS) is 22.3. The van der Waals surface area contributed by atoms with Gasteiger partial charge < -0.3 is 4.79 Å². The molecule has 0 aromatic heterocycles. The minimum atomic E-state index is -0.270. The molecule has 3 atom stereocenters. The predicted molar refractivity (Wildman–Crippen MR) is 126 cm³/mol. The highest BCUT2D eigenvalue weighted by Crippen LogP contribution is 2.58. The van der Waals surface area contributed by atoms with Crippen LogP contribution in [-0.4, -0.2) is 12.6 Å². The van der Waals surface area contributed by atoms with Gasteiger partial charge in [0.25, 0.3) is 0 Å². The Morgan fingerprint density at radius 1 is 1.10 bits per heavy atom. The molecule has 0 N–H and O–H groups in total. The first-order valence-electron chi connectivity index (χ1n) is 11.2. The summed E-state index contributed by atoms with van der Waals surface area (Å²) in [5, 5.41) is 0. The summed E-state index contributed by atoms with van der Waals surface area (Å²) < 4.78 is 0. The zero-order valence-electron chi connectivity index (χ0n) is 18.2. The van der Waals surface area contributed by atoms with Crippen molar-refractivity contribution in [3.63, 3.8) is 0 Å². The highest BCUT2D eigenvalue weighted by atomic mass is 16.1. The first-order valence-corrected chi connectivity index (χ1v) is 11.2. The van der Waals surface area contributed by atoms with Crippen molar-refractivity contribution in [2.24, 2.45) is 17.8 Å². The molecule has 1 fully saturated rings. The van der Waals surface area contributed by atoms with Crippen LogP contribution in [0.5, 0.6) is 0 Å². The third-order valence-electron chi connectivity index (χ3n) is 7.12. The van der Waals surface area contributed by atoms with E-state index in [-0.39, 0.29) is 17.3 Å². The van der Waals surface area contributed by atoms with Gasteiger partial charge in [0.1, 0.15) is 12.6 Å². The Balaban J connectivity index is 1.64. The van der Waals surface area contributed by atoms with Crippen LogP contribution in [0.2, 0.25) is 0 Å². The maximum atomic E-state index is 11.7. The Labute approximate surface area is 185 Å². The Kier molecular flexibility index (Phi) is 6.18. The molecular formula is C29H30O2. The van der Waals surface area contributed by atoms with Gasteiger partial charge in [0.15, 0.2) is 0 Å². The highest BCUT2D eigenvalue weighted by Gasteiger charge is 2.51. The van der Waals surface area contributed by atoms with Crippen LogP contribution in [0.1, 0.15) is 36.0 Å². The molecule has 2 aromatic rings. The molecule has 158 valence electrons. The fourth-order valence-electron chi connectivity index (χ4n) is 5.28.